The van der Waals surface area contributed by atoms with E-state index in [9.17, 15) is 48.9 Å². The van der Waals surface area contributed by atoms with Crippen molar-refractivity contribution in [1.82, 2.24) is 41.7 Å². The van der Waals surface area contributed by atoms with E-state index >= 15 is 0 Å². The second-order valence-corrected chi connectivity index (χ2v) is 10.7. The molecule has 6 atom stereocenters. The Kier molecular flexibility index (Phi) is 13.0. The number of nitrogens with two attached hydrogens (primary N) is 1. The maximum atomic E-state index is 12.8. The van der Waals surface area contributed by atoms with Crippen molar-refractivity contribution in [3.8, 4) is 0 Å². The molecule has 2 heterocycles. The summed E-state index contributed by atoms with van der Waals surface area (Å²) in [5.74, 6) is -6.80. The fourth-order valence-corrected chi connectivity index (χ4v) is 4.47. The van der Waals surface area contributed by atoms with Gasteiger partial charge in [0.15, 0.2) is 0 Å². The van der Waals surface area contributed by atoms with Crippen LogP contribution >= 0.6 is 0 Å². The highest BCUT2D eigenvalue weighted by molar-refractivity contribution is 6.07. The van der Waals surface area contributed by atoms with Crippen molar-refractivity contribution in [2.75, 3.05) is 13.2 Å². The average Bonchev–Trinajstić information content (AvgIpc) is 3.63. The number of carboxylic acids is 1. The van der Waals surface area contributed by atoms with Gasteiger partial charge in [-0.25, -0.2) is 20.2 Å². The fourth-order valence-electron chi connectivity index (χ4n) is 4.47. The first-order valence-electron chi connectivity index (χ1n) is 14.4. The molecule has 254 valence electrons. The standard InChI is InChI=1S/C28H37N9O10/c1-14(39)23(26(44)34-19(28(46)47)7-15-5-3-2-4-6-15)36-21(40)11-32-37-22(41)9-18(27(37)45)33-25(43)20(12-38)35-24(42)17(29)8-16-10-30-13-31-16/h2-6,10,13-14,17-20,23,32,38-39H,7-9,11-12,29H2,1H3,(H,30,31)(H,33,43)(H,34,44)(H,35,42)(H,36,40)(H,46,47)/t14-,17+,18?,19+,20+,23+/m1/s1. The molecule has 0 saturated carbocycles. The van der Waals surface area contributed by atoms with Gasteiger partial charge in [0.05, 0.1) is 43.7 Å². The molecular weight excluding hydrogens is 622 g/mol. The monoisotopic (exact) mass is 659 g/mol. The molecule has 1 aromatic heterocycles. The number of aliphatic hydroxyl groups excluding tert-OH is 2. The lowest BCUT2D eigenvalue weighted by molar-refractivity contribution is -0.144. The SMILES string of the molecule is C[C@@H](O)[C@H](NC(=O)CNN1C(=O)CC(NC(=O)[C@H](CO)NC(=O)[C@@H](N)Cc2c[nH]cn2)C1=O)C(=O)N[C@@H](Cc1ccccc1)C(=O)O. The summed E-state index contributed by atoms with van der Waals surface area (Å²) >= 11 is 0. The minimum absolute atomic E-state index is 0.0403. The number of hydrogen-bond donors (Lipinski definition) is 10. The minimum atomic E-state index is -1.59. The number of aliphatic carboxylic acids is 1. The van der Waals surface area contributed by atoms with Gasteiger partial charge in [0.1, 0.15) is 24.2 Å². The van der Waals surface area contributed by atoms with E-state index in [1.807, 2.05) is 0 Å². The number of imidazole rings is 1. The molecule has 47 heavy (non-hydrogen) atoms. The lowest BCUT2D eigenvalue weighted by atomic mass is 10.0. The molecule has 1 aliphatic heterocycles. The smallest absolute Gasteiger partial charge is 0.326 e. The lowest BCUT2D eigenvalue weighted by Gasteiger charge is -2.24. The van der Waals surface area contributed by atoms with Gasteiger partial charge in [-0.15, -0.1) is 0 Å². The van der Waals surface area contributed by atoms with Crippen molar-refractivity contribution in [2.45, 2.75) is 62.5 Å². The zero-order valence-electron chi connectivity index (χ0n) is 25.2. The Bertz CT molecular complexity index is 1440. The van der Waals surface area contributed by atoms with Crippen LogP contribution in [0.3, 0.4) is 0 Å². The van der Waals surface area contributed by atoms with E-state index in [0.717, 1.165) is 0 Å². The van der Waals surface area contributed by atoms with Crippen LogP contribution in [0, 0.1) is 0 Å². The van der Waals surface area contributed by atoms with Gasteiger partial charge in [0.2, 0.25) is 29.5 Å². The summed E-state index contributed by atoms with van der Waals surface area (Å²) in [6.45, 7) is -0.383. The summed E-state index contributed by atoms with van der Waals surface area (Å²) in [6, 6.07) is 1.51. The van der Waals surface area contributed by atoms with Gasteiger partial charge in [-0.05, 0) is 12.5 Å². The van der Waals surface area contributed by atoms with Gasteiger partial charge in [-0.3, -0.25) is 28.8 Å². The molecule has 0 radical (unpaired) electrons. The minimum Gasteiger partial charge on any atom is -0.480 e. The van der Waals surface area contributed by atoms with E-state index in [1.165, 1.54) is 19.4 Å². The molecule has 1 unspecified atom stereocenters. The van der Waals surface area contributed by atoms with Crippen LogP contribution in [0.15, 0.2) is 42.9 Å². The van der Waals surface area contributed by atoms with Crippen molar-refractivity contribution in [3.63, 3.8) is 0 Å². The maximum absolute atomic E-state index is 12.8. The average molecular weight is 660 g/mol. The van der Waals surface area contributed by atoms with Crippen molar-refractivity contribution >= 4 is 41.4 Å². The fraction of sp³-hybridized carbons (Fsp3) is 0.429. The third kappa shape index (κ3) is 10.4. The molecule has 3 rings (SSSR count). The molecule has 19 heteroatoms. The van der Waals surface area contributed by atoms with Crippen molar-refractivity contribution in [2.24, 2.45) is 5.73 Å². The van der Waals surface area contributed by atoms with Crippen molar-refractivity contribution in [3.05, 3.63) is 54.1 Å². The van der Waals surface area contributed by atoms with Crippen LogP contribution in [0.5, 0.6) is 0 Å². The number of hydrazine groups is 1. The van der Waals surface area contributed by atoms with Crippen LogP contribution < -0.4 is 32.4 Å². The molecule has 6 amide bonds. The highest BCUT2D eigenvalue weighted by Gasteiger charge is 2.41. The van der Waals surface area contributed by atoms with Gasteiger partial charge in [-0.2, -0.15) is 0 Å². The number of imide groups is 1. The molecular formula is C28H37N9O10. The zero-order chi connectivity index (χ0) is 34.7. The number of carbonyl (C=O) groups is 7. The Morgan fingerprint density at radius 2 is 1.70 bits per heavy atom. The number of amides is 6. The zero-order valence-corrected chi connectivity index (χ0v) is 25.2. The van der Waals surface area contributed by atoms with E-state index in [2.05, 4.69) is 36.7 Å². The van der Waals surface area contributed by atoms with Gasteiger partial charge in [-0.1, -0.05) is 30.3 Å². The number of nitrogens with zero attached hydrogens (tertiary/aromatic N) is 2. The number of H-pyrrole nitrogens is 1. The molecule has 1 saturated heterocycles. The van der Waals surface area contributed by atoms with Gasteiger partial charge >= 0.3 is 5.97 Å². The van der Waals surface area contributed by atoms with Gasteiger partial charge < -0.3 is 47.3 Å². The number of carbonyl (C=O) groups excluding carboxylic acids is 6. The van der Waals surface area contributed by atoms with E-state index in [1.54, 1.807) is 30.3 Å². The maximum Gasteiger partial charge on any atom is 0.326 e. The number of benzene rings is 1. The van der Waals surface area contributed by atoms with Crippen LogP contribution in [0.2, 0.25) is 0 Å². The highest BCUT2D eigenvalue weighted by Crippen LogP contribution is 2.11. The second-order valence-electron chi connectivity index (χ2n) is 10.7. The van der Waals surface area contributed by atoms with Crippen molar-refractivity contribution < 1.29 is 48.9 Å². The van der Waals surface area contributed by atoms with E-state index in [0.29, 0.717) is 16.3 Å². The molecule has 0 spiro atoms. The lowest BCUT2D eigenvalue weighted by Crippen LogP contribution is -2.58. The number of nitrogens with one attached hydrogen (secondary N) is 6. The summed E-state index contributed by atoms with van der Waals surface area (Å²) in [7, 11) is 0. The summed E-state index contributed by atoms with van der Waals surface area (Å²) in [4.78, 5) is 94.2. The Morgan fingerprint density at radius 3 is 2.30 bits per heavy atom. The van der Waals surface area contributed by atoms with Gasteiger partial charge in [0, 0.05) is 19.0 Å². The Hall–Kier alpha value is -5.24. The normalized spacial score (nSPS) is 17.6. The molecule has 1 aliphatic rings. The largest absolute Gasteiger partial charge is 0.480 e. The van der Waals surface area contributed by atoms with Crippen LogP contribution in [-0.2, 0) is 46.4 Å². The third-order valence-electron chi connectivity index (χ3n) is 6.98. The number of aromatic nitrogens is 2. The Balaban J connectivity index is 1.51. The van der Waals surface area contributed by atoms with Crippen molar-refractivity contribution in [1.29, 1.82) is 0 Å². The van der Waals surface area contributed by atoms with E-state index in [4.69, 9.17) is 5.73 Å². The quantitative estimate of drug-likeness (QED) is 0.0714. The van der Waals surface area contributed by atoms with Crippen LogP contribution in [0.25, 0.3) is 0 Å². The predicted molar refractivity (Wildman–Crippen MR) is 159 cm³/mol. The molecule has 1 fully saturated rings. The number of carboxylic acid groups (broad SMARTS) is 1. The highest BCUT2D eigenvalue weighted by atomic mass is 16.4. The third-order valence-corrected chi connectivity index (χ3v) is 6.98. The first-order chi connectivity index (χ1) is 22.3. The molecule has 0 bridgehead atoms. The van der Waals surface area contributed by atoms with Crippen LogP contribution in [-0.4, -0.2) is 121 Å². The number of hydrogen-bond acceptors (Lipinski definition) is 12. The summed E-state index contributed by atoms with van der Waals surface area (Å²) in [5, 5.41) is 38.8. The summed E-state index contributed by atoms with van der Waals surface area (Å²) in [5.41, 5.74) is 9.23. The topological polar surface area (TPSA) is 298 Å². The number of rotatable bonds is 17. The molecule has 19 nitrogen and oxygen atoms in total. The second kappa shape index (κ2) is 16.9. The Labute approximate surface area is 267 Å². The summed E-state index contributed by atoms with van der Waals surface area (Å²) in [6.07, 6.45) is 0.930. The molecule has 2 aromatic rings. The number of aliphatic hydroxyl groups is 2. The number of aromatic amines is 1. The predicted octanol–water partition coefficient (Wildman–Crippen LogP) is -4.82. The molecule has 0 aliphatic carbocycles. The van der Waals surface area contributed by atoms with E-state index < -0.39 is 97.3 Å². The van der Waals surface area contributed by atoms with Crippen LogP contribution in [0.1, 0.15) is 24.6 Å². The molecule has 1 aromatic carbocycles. The summed E-state index contributed by atoms with van der Waals surface area (Å²) < 4.78 is 0. The molecule has 11 N–H and O–H groups in total. The Morgan fingerprint density at radius 1 is 1.02 bits per heavy atom. The van der Waals surface area contributed by atoms with Crippen LogP contribution in [0.4, 0.5) is 0 Å². The first-order valence-corrected chi connectivity index (χ1v) is 14.4. The first kappa shape index (κ1) is 36.2. The van der Waals surface area contributed by atoms with Gasteiger partial charge in [0.25, 0.3) is 5.91 Å². The van der Waals surface area contributed by atoms with E-state index in [-0.39, 0.29) is 12.8 Å².